The zero-order chi connectivity index (χ0) is 26.8. The fraction of sp³-hybridized carbons (Fsp3) is 0.0323. The number of fused-ring (bicyclic) bond motifs is 2. The summed E-state index contributed by atoms with van der Waals surface area (Å²) in [6.45, 7) is 2.07. The lowest BCUT2D eigenvalue weighted by atomic mass is 10.0. The van der Waals surface area contributed by atoms with E-state index in [1.165, 1.54) is 22.7 Å². The molecule has 4 heterocycles. The molecule has 0 saturated carbocycles. The Hall–Kier alpha value is -3.82. The van der Waals surface area contributed by atoms with Gasteiger partial charge in [-0.2, -0.15) is 0 Å². The number of allylic oxidation sites excluding steroid dienone is 2. The normalized spacial score (nSPS) is 16.6. The first-order valence-corrected chi connectivity index (χ1v) is 15.4. The number of thiophene rings is 4. The summed E-state index contributed by atoms with van der Waals surface area (Å²) in [5.74, 6) is -0.789. The summed E-state index contributed by atoms with van der Waals surface area (Å²) in [5, 5.41) is 3.55. The molecule has 8 heteroatoms. The Bertz CT molecular complexity index is 1870. The van der Waals surface area contributed by atoms with Gasteiger partial charge in [0.25, 0.3) is 0 Å². The van der Waals surface area contributed by atoms with E-state index in [-0.39, 0.29) is 34.3 Å². The highest BCUT2D eigenvalue weighted by Gasteiger charge is 2.35. The molecule has 4 aromatic heterocycles. The summed E-state index contributed by atoms with van der Waals surface area (Å²) in [6.07, 6.45) is 3.38. The van der Waals surface area contributed by atoms with Crippen LogP contribution in [0.15, 0.2) is 76.5 Å². The van der Waals surface area contributed by atoms with Crippen molar-refractivity contribution < 1.29 is 19.2 Å². The molecule has 0 aliphatic heterocycles. The van der Waals surface area contributed by atoms with Gasteiger partial charge < -0.3 is 0 Å². The maximum atomic E-state index is 12.6. The van der Waals surface area contributed by atoms with Gasteiger partial charge in [0.05, 0.1) is 20.9 Å². The van der Waals surface area contributed by atoms with Gasteiger partial charge in [-0.15, -0.1) is 45.3 Å². The van der Waals surface area contributed by atoms with Gasteiger partial charge >= 0.3 is 0 Å². The van der Waals surface area contributed by atoms with E-state index >= 15 is 0 Å². The Morgan fingerprint density at radius 2 is 1.21 bits per heavy atom. The molecule has 1 aromatic carbocycles. The van der Waals surface area contributed by atoms with Gasteiger partial charge in [0.15, 0.2) is 11.6 Å². The molecule has 0 saturated heterocycles. The van der Waals surface area contributed by atoms with E-state index in [4.69, 9.17) is 0 Å². The van der Waals surface area contributed by atoms with Gasteiger partial charge in [-0.05, 0) is 76.9 Å². The highest BCUT2D eigenvalue weighted by Crippen LogP contribution is 2.42. The summed E-state index contributed by atoms with van der Waals surface area (Å²) >= 11 is 5.86. The highest BCUT2D eigenvalue weighted by molar-refractivity contribution is 7.24. The summed E-state index contributed by atoms with van der Waals surface area (Å²) in [5.41, 5.74) is 4.46. The van der Waals surface area contributed by atoms with Crippen LogP contribution in [-0.2, 0) is 0 Å². The number of hydrogen-bond donors (Lipinski definition) is 0. The Morgan fingerprint density at radius 3 is 1.82 bits per heavy atom. The molecule has 2 aliphatic rings. The second kappa shape index (κ2) is 9.14. The SMILES string of the molecule is Cc1cc(-c2ccc(/C=C3/C(=O)c4ccsc4C3=O)cc2)sc1-c1ccc(/C=C2/C(=O)c3ccsc3C2=O)s1. The van der Waals surface area contributed by atoms with E-state index in [0.717, 1.165) is 36.2 Å². The van der Waals surface area contributed by atoms with Gasteiger partial charge in [-0.1, -0.05) is 24.3 Å². The first kappa shape index (κ1) is 24.2. The van der Waals surface area contributed by atoms with Crippen LogP contribution in [0.3, 0.4) is 0 Å². The standard InChI is InChI=1S/C31H16O4S4/c1-15-12-24(17-4-2-16(3-5-17)13-21-25(32)19-8-10-36-30(19)27(21)34)39-29(15)23-7-6-18(38-23)14-22-26(33)20-9-11-37-31(20)28(22)35/h2-14H,1H3/b21-13-,22-14-. The van der Waals surface area contributed by atoms with E-state index in [2.05, 4.69) is 13.0 Å². The lowest BCUT2D eigenvalue weighted by Gasteiger charge is -2.00. The first-order valence-electron chi connectivity index (χ1n) is 12.0. The molecule has 188 valence electrons. The molecule has 0 amide bonds. The summed E-state index contributed by atoms with van der Waals surface area (Å²) < 4.78 is 0. The number of rotatable bonds is 4. The van der Waals surface area contributed by atoms with Crippen LogP contribution in [0, 0.1) is 6.92 Å². The van der Waals surface area contributed by atoms with Crippen molar-refractivity contribution in [2.75, 3.05) is 0 Å². The van der Waals surface area contributed by atoms with Crippen molar-refractivity contribution in [2.45, 2.75) is 6.92 Å². The Balaban J connectivity index is 1.13. The van der Waals surface area contributed by atoms with Crippen LogP contribution in [0.1, 0.15) is 56.1 Å². The Kier molecular flexibility index (Phi) is 5.68. The molecule has 0 atom stereocenters. The van der Waals surface area contributed by atoms with Crippen LogP contribution in [0.4, 0.5) is 0 Å². The number of benzene rings is 1. The van der Waals surface area contributed by atoms with Gasteiger partial charge in [-0.3, -0.25) is 19.2 Å². The average molecular weight is 581 g/mol. The molecule has 39 heavy (non-hydrogen) atoms. The van der Waals surface area contributed by atoms with Crippen molar-refractivity contribution in [3.8, 4) is 20.2 Å². The molecule has 0 spiro atoms. The van der Waals surface area contributed by atoms with E-state index in [1.54, 1.807) is 57.7 Å². The van der Waals surface area contributed by atoms with Gasteiger partial charge in [0.2, 0.25) is 11.6 Å². The van der Waals surface area contributed by atoms with Gasteiger partial charge in [0, 0.05) is 30.6 Å². The molecule has 7 rings (SSSR count). The van der Waals surface area contributed by atoms with Crippen molar-refractivity contribution in [3.05, 3.63) is 113 Å². The van der Waals surface area contributed by atoms with Crippen molar-refractivity contribution in [2.24, 2.45) is 0 Å². The van der Waals surface area contributed by atoms with Crippen molar-refractivity contribution in [1.82, 2.24) is 0 Å². The predicted octanol–water partition coefficient (Wildman–Crippen LogP) is 8.50. The molecule has 2 aliphatic carbocycles. The molecule has 4 nitrogen and oxygen atoms in total. The summed E-state index contributed by atoms with van der Waals surface area (Å²) in [4.78, 5) is 55.7. The predicted molar refractivity (Wildman–Crippen MR) is 160 cm³/mol. The number of hydrogen-bond acceptors (Lipinski definition) is 8. The van der Waals surface area contributed by atoms with Gasteiger partial charge in [0.1, 0.15) is 0 Å². The van der Waals surface area contributed by atoms with Crippen LogP contribution >= 0.6 is 45.3 Å². The molecule has 5 aromatic rings. The molecule has 0 bridgehead atoms. The van der Waals surface area contributed by atoms with Crippen LogP contribution in [0.2, 0.25) is 0 Å². The smallest absolute Gasteiger partial charge is 0.207 e. The van der Waals surface area contributed by atoms with Gasteiger partial charge in [-0.25, -0.2) is 0 Å². The largest absolute Gasteiger partial charge is 0.288 e. The van der Waals surface area contributed by atoms with Crippen LogP contribution < -0.4 is 0 Å². The zero-order valence-corrected chi connectivity index (χ0v) is 23.5. The second-order valence-electron chi connectivity index (χ2n) is 9.21. The van der Waals surface area contributed by atoms with E-state index in [1.807, 2.05) is 36.4 Å². The van der Waals surface area contributed by atoms with Crippen molar-refractivity contribution >= 4 is 80.6 Å². The molecular formula is C31H16O4S4. The lowest BCUT2D eigenvalue weighted by Crippen LogP contribution is -2.00. The van der Waals surface area contributed by atoms with E-state index in [9.17, 15) is 19.2 Å². The minimum absolute atomic E-state index is 0.189. The lowest BCUT2D eigenvalue weighted by molar-refractivity contribution is 0.0975. The topological polar surface area (TPSA) is 68.3 Å². The number of aryl methyl sites for hydroxylation is 1. The van der Waals surface area contributed by atoms with E-state index < -0.39 is 0 Å². The third-order valence-corrected chi connectivity index (χ3v) is 11.1. The van der Waals surface area contributed by atoms with Crippen LogP contribution in [-0.4, -0.2) is 23.1 Å². The average Bonchev–Trinajstić information content (AvgIpc) is 3.77. The monoisotopic (exact) mass is 580 g/mol. The maximum absolute atomic E-state index is 12.6. The minimum atomic E-state index is -0.206. The fourth-order valence-corrected chi connectivity index (χ4v) is 8.80. The third kappa shape index (κ3) is 3.91. The van der Waals surface area contributed by atoms with E-state index in [0.29, 0.717) is 20.9 Å². The summed E-state index contributed by atoms with van der Waals surface area (Å²) in [7, 11) is 0. The van der Waals surface area contributed by atoms with Crippen LogP contribution in [0.25, 0.3) is 32.3 Å². The summed E-state index contributed by atoms with van der Waals surface area (Å²) in [6, 6.07) is 17.4. The van der Waals surface area contributed by atoms with Crippen LogP contribution in [0.5, 0.6) is 0 Å². The van der Waals surface area contributed by atoms with Crippen molar-refractivity contribution in [1.29, 1.82) is 0 Å². The Labute approximate surface area is 239 Å². The number of carbonyl (C=O) groups excluding carboxylic acids is 4. The number of Topliss-reactive ketones (excluding diaryl/α,β-unsaturated/α-hetero) is 4. The first-order chi connectivity index (χ1) is 18.9. The maximum Gasteiger partial charge on any atom is 0.207 e. The molecular weight excluding hydrogens is 565 g/mol. The van der Waals surface area contributed by atoms with Crippen molar-refractivity contribution in [3.63, 3.8) is 0 Å². The molecule has 0 N–H and O–H groups in total. The minimum Gasteiger partial charge on any atom is -0.288 e. The zero-order valence-electron chi connectivity index (χ0n) is 20.3. The quantitative estimate of drug-likeness (QED) is 0.158. The molecule has 0 unspecified atom stereocenters. The molecule has 0 radical (unpaired) electrons. The second-order valence-corrected chi connectivity index (χ2v) is 13.2. The number of ketones is 4. The fourth-order valence-electron chi connectivity index (χ4n) is 4.80. The molecule has 0 fully saturated rings. The highest BCUT2D eigenvalue weighted by atomic mass is 32.1. The number of carbonyl (C=O) groups is 4. The Morgan fingerprint density at radius 1 is 0.590 bits per heavy atom. The third-order valence-electron chi connectivity index (χ3n) is 6.77.